The van der Waals surface area contributed by atoms with Crippen LogP contribution >= 0.6 is 0 Å². The van der Waals surface area contributed by atoms with Crippen molar-refractivity contribution in [3.8, 4) is 11.5 Å². The number of nitrogens with one attached hydrogen (secondary N) is 1. The summed E-state index contributed by atoms with van der Waals surface area (Å²) in [5, 5.41) is 29.6. The van der Waals surface area contributed by atoms with E-state index >= 15 is 0 Å². The Morgan fingerprint density at radius 2 is 1.70 bits per heavy atom. The van der Waals surface area contributed by atoms with Gasteiger partial charge < -0.3 is 26.4 Å². The van der Waals surface area contributed by atoms with Gasteiger partial charge in [-0.2, -0.15) is 0 Å². The van der Waals surface area contributed by atoms with E-state index in [0.29, 0.717) is 0 Å². The van der Waals surface area contributed by atoms with Crippen LogP contribution in [0.2, 0.25) is 0 Å². The molecule has 0 unspecified atom stereocenters. The minimum Gasteiger partial charge on any atom is -0.508 e. The quantitative estimate of drug-likeness (QED) is 0.476. The molecule has 0 radical (unpaired) electrons. The third-order valence-electron chi connectivity index (χ3n) is 2.45. The molecule has 1 aromatic carbocycles. The van der Waals surface area contributed by atoms with Gasteiger partial charge in [-0.15, -0.1) is 0 Å². The number of hydrogen-bond acceptors (Lipinski definition) is 5. The highest BCUT2D eigenvalue weighted by molar-refractivity contribution is 5.97. The largest absolute Gasteiger partial charge is 0.508 e. The fourth-order valence-electron chi connectivity index (χ4n) is 1.51. The van der Waals surface area contributed by atoms with E-state index in [1.807, 2.05) is 0 Å². The van der Waals surface area contributed by atoms with Gasteiger partial charge >= 0.3 is 5.97 Å². The fourth-order valence-corrected chi connectivity index (χ4v) is 1.51. The van der Waals surface area contributed by atoms with Crippen LogP contribution in [0.4, 0.5) is 0 Å². The van der Waals surface area contributed by atoms with Gasteiger partial charge in [0.2, 0.25) is 5.91 Å². The number of phenols is 2. The number of nitrogens with two attached hydrogens (primary N) is 1. The van der Waals surface area contributed by atoms with Crippen LogP contribution < -0.4 is 11.1 Å². The van der Waals surface area contributed by atoms with E-state index in [9.17, 15) is 24.6 Å². The van der Waals surface area contributed by atoms with Crippen molar-refractivity contribution < 1.29 is 29.7 Å². The van der Waals surface area contributed by atoms with Crippen molar-refractivity contribution in [1.29, 1.82) is 0 Å². The molecule has 0 aliphatic carbocycles. The molecule has 0 heterocycles. The van der Waals surface area contributed by atoms with Gasteiger partial charge in [-0.05, 0) is 18.6 Å². The van der Waals surface area contributed by atoms with Crippen LogP contribution in [0.1, 0.15) is 23.2 Å². The predicted octanol–water partition coefficient (Wildman–Crippen LogP) is -0.454. The van der Waals surface area contributed by atoms with Crippen LogP contribution in [-0.4, -0.2) is 39.1 Å². The number of aliphatic carboxylic acids is 1. The molecule has 0 saturated carbocycles. The zero-order valence-electron chi connectivity index (χ0n) is 10.4. The minimum atomic E-state index is -1.32. The Labute approximate surface area is 113 Å². The highest BCUT2D eigenvalue weighted by atomic mass is 16.4. The Kier molecular flexibility index (Phi) is 4.90. The standard InChI is InChI=1S/C12H14N2O6/c13-10(17)2-1-9(12(19)20)14-11(18)6-3-7(15)5-8(16)4-6/h3-5,9,15-16H,1-2H2,(H2,13,17)(H,14,18)(H,19,20)/t9-/m0/s1. The molecule has 0 bridgehead atoms. The van der Waals surface area contributed by atoms with Crippen molar-refractivity contribution in [2.45, 2.75) is 18.9 Å². The molecule has 8 heteroatoms. The molecule has 0 saturated heterocycles. The van der Waals surface area contributed by atoms with E-state index in [2.05, 4.69) is 5.32 Å². The number of hydrogen-bond donors (Lipinski definition) is 5. The van der Waals surface area contributed by atoms with E-state index in [1.165, 1.54) is 0 Å². The molecule has 8 nitrogen and oxygen atoms in total. The lowest BCUT2D eigenvalue weighted by atomic mass is 10.1. The smallest absolute Gasteiger partial charge is 0.326 e. The second-order valence-electron chi connectivity index (χ2n) is 4.11. The lowest BCUT2D eigenvalue weighted by Crippen LogP contribution is -2.41. The molecule has 1 aromatic rings. The summed E-state index contributed by atoms with van der Waals surface area (Å²) >= 11 is 0. The van der Waals surface area contributed by atoms with Crippen molar-refractivity contribution in [2.24, 2.45) is 5.73 Å². The van der Waals surface area contributed by atoms with Gasteiger partial charge in [0.25, 0.3) is 5.91 Å². The van der Waals surface area contributed by atoms with Gasteiger partial charge in [-0.25, -0.2) is 4.79 Å². The molecule has 0 aliphatic rings. The van der Waals surface area contributed by atoms with Gasteiger partial charge in [0.15, 0.2) is 0 Å². The molecule has 1 rings (SSSR count). The number of primary amides is 1. The van der Waals surface area contributed by atoms with Crippen LogP contribution in [0.5, 0.6) is 11.5 Å². The number of rotatable bonds is 6. The first kappa shape index (κ1) is 15.3. The van der Waals surface area contributed by atoms with Gasteiger partial charge in [0.05, 0.1) is 0 Å². The minimum absolute atomic E-state index is 0.104. The van der Waals surface area contributed by atoms with Crippen molar-refractivity contribution in [1.82, 2.24) is 5.32 Å². The van der Waals surface area contributed by atoms with E-state index < -0.39 is 23.8 Å². The summed E-state index contributed by atoms with van der Waals surface area (Å²) in [5.74, 6) is -3.46. The van der Waals surface area contributed by atoms with E-state index in [4.69, 9.17) is 10.8 Å². The number of amides is 2. The third-order valence-corrected chi connectivity index (χ3v) is 2.45. The summed E-state index contributed by atoms with van der Waals surface area (Å²) in [6.45, 7) is 0. The van der Waals surface area contributed by atoms with Gasteiger partial charge in [0, 0.05) is 18.1 Å². The van der Waals surface area contributed by atoms with E-state index in [-0.39, 0.29) is 29.9 Å². The molecule has 1 atom stereocenters. The molecule has 0 aliphatic heterocycles. The Morgan fingerprint density at radius 1 is 1.15 bits per heavy atom. The van der Waals surface area contributed by atoms with Crippen LogP contribution in [-0.2, 0) is 9.59 Å². The summed E-state index contributed by atoms with van der Waals surface area (Å²) in [6, 6.07) is 1.88. The van der Waals surface area contributed by atoms with Crippen LogP contribution in [0.15, 0.2) is 18.2 Å². The van der Waals surface area contributed by atoms with Gasteiger partial charge in [-0.3, -0.25) is 9.59 Å². The predicted molar refractivity (Wildman–Crippen MR) is 67.1 cm³/mol. The zero-order valence-corrected chi connectivity index (χ0v) is 10.4. The average Bonchev–Trinajstić information content (AvgIpc) is 2.32. The summed E-state index contributed by atoms with van der Waals surface area (Å²) in [6.07, 6.45) is -0.344. The third kappa shape index (κ3) is 4.48. The maximum atomic E-state index is 11.8. The molecular weight excluding hydrogens is 268 g/mol. The summed E-state index contributed by atoms with van der Waals surface area (Å²) in [7, 11) is 0. The number of carboxylic acid groups (broad SMARTS) is 1. The topological polar surface area (TPSA) is 150 Å². The number of carbonyl (C=O) groups excluding carboxylic acids is 2. The Bertz CT molecular complexity index is 522. The van der Waals surface area contributed by atoms with E-state index in [1.54, 1.807) is 0 Å². The normalized spacial score (nSPS) is 11.6. The van der Waals surface area contributed by atoms with Gasteiger partial charge in [-0.1, -0.05) is 0 Å². The number of benzene rings is 1. The maximum absolute atomic E-state index is 11.8. The molecule has 0 fully saturated rings. The van der Waals surface area contributed by atoms with Crippen LogP contribution in [0, 0.1) is 0 Å². The molecule has 0 spiro atoms. The van der Waals surface area contributed by atoms with Crippen LogP contribution in [0.25, 0.3) is 0 Å². The summed E-state index contributed by atoms with van der Waals surface area (Å²) < 4.78 is 0. The first-order chi connectivity index (χ1) is 9.29. The fraction of sp³-hybridized carbons (Fsp3) is 0.250. The summed E-state index contributed by atoms with van der Waals surface area (Å²) in [4.78, 5) is 33.4. The van der Waals surface area contributed by atoms with Crippen molar-refractivity contribution in [2.75, 3.05) is 0 Å². The SMILES string of the molecule is NC(=O)CC[C@H](NC(=O)c1cc(O)cc(O)c1)C(=O)O. The first-order valence-electron chi connectivity index (χ1n) is 5.64. The summed E-state index contributed by atoms with van der Waals surface area (Å²) in [5.41, 5.74) is 4.81. The Hall–Kier alpha value is -2.77. The first-order valence-corrected chi connectivity index (χ1v) is 5.64. The maximum Gasteiger partial charge on any atom is 0.326 e. The van der Waals surface area contributed by atoms with Gasteiger partial charge in [0.1, 0.15) is 17.5 Å². The van der Waals surface area contributed by atoms with E-state index in [0.717, 1.165) is 18.2 Å². The van der Waals surface area contributed by atoms with Crippen LogP contribution in [0.3, 0.4) is 0 Å². The number of carboxylic acids is 1. The van der Waals surface area contributed by atoms with Crippen molar-refractivity contribution in [3.63, 3.8) is 0 Å². The molecule has 20 heavy (non-hydrogen) atoms. The lowest BCUT2D eigenvalue weighted by Gasteiger charge is -2.14. The Morgan fingerprint density at radius 3 is 2.15 bits per heavy atom. The van der Waals surface area contributed by atoms with Crippen molar-refractivity contribution >= 4 is 17.8 Å². The molecular formula is C12H14N2O6. The second kappa shape index (κ2) is 6.41. The molecule has 6 N–H and O–H groups in total. The second-order valence-corrected chi connectivity index (χ2v) is 4.11. The molecule has 2 amide bonds. The van der Waals surface area contributed by atoms with Crippen molar-refractivity contribution in [3.05, 3.63) is 23.8 Å². The average molecular weight is 282 g/mol. The number of carbonyl (C=O) groups is 3. The number of aromatic hydroxyl groups is 2. The monoisotopic (exact) mass is 282 g/mol. The lowest BCUT2D eigenvalue weighted by molar-refractivity contribution is -0.139. The number of phenolic OH excluding ortho intramolecular Hbond substituents is 2. The highest BCUT2D eigenvalue weighted by Gasteiger charge is 2.21. The molecule has 0 aromatic heterocycles. The Balaban J connectivity index is 2.79. The zero-order chi connectivity index (χ0) is 15.3. The molecule has 108 valence electrons. The highest BCUT2D eigenvalue weighted by Crippen LogP contribution is 2.20.